The number of likely N-dealkylation sites (tertiary alicyclic amines) is 1. The summed E-state index contributed by atoms with van der Waals surface area (Å²) in [6, 6.07) is 8.40. The minimum absolute atomic E-state index is 0.109. The monoisotopic (exact) mass is 346 g/mol. The molecule has 0 radical (unpaired) electrons. The summed E-state index contributed by atoms with van der Waals surface area (Å²) in [7, 11) is 0. The fourth-order valence-electron chi connectivity index (χ4n) is 3.26. The van der Waals surface area contributed by atoms with Crippen molar-refractivity contribution in [3.8, 4) is 0 Å². The van der Waals surface area contributed by atoms with E-state index in [1.165, 1.54) is 43.4 Å². The SMILES string of the molecule is O=C(NC[C@H](c1ccsc1)N1CCCCCC1)c1ccccc1F. The second-order valence-electron chi connectivity index (χ2n) is 6.21. The van der Waals surface area contributed by atoms with Gasteiger partial charge in [-0.2, -0.15) is 11.3 Å². The Morgan fingerprint density at radius 1 is 1.17 bits per heavy atom. The number of thiophene rings is 1. The third kappa shape index (κ3) is 4.22. The summed E-state index contributed by atoms with van der Waals surface area (Å²) in [6.45, 7) is 2.61. The molecule has 1 aliphatic heterocycles. The maximum atomic E-state index is 13.8. The van der Waals surface area contributed by atoms with Crippen molar-refractivity contribution in [1.82, 2.24) is 10.2 Å². The highest BCUT2D eigenvalue weighted by Gasteiger charge is 2.23. The Bertz CT molecular complexity index is 651. The number of carbonyl (C=O) groups is 1. The van der Waals surface area contributed by atoms with Crippen LogP contribution >= 0.6 is 11.3 Å². The lowest BCUT2D eigenvalue weighted by Crippen LogP contribution is -2.38. The van der Waals surface area contributed by atoms with Gasteiger partial charge in [0, 0.05) is 6.54 Å². The molecule has 0 unspecified atom stereocenters. The van der Waals surface area contributed by atoms with Crippen LogP contribution in [0.3, 0.4) is 0 Å². The second-order valence-corrected chi connectivity index (χ2v) is 6.99. The van der Waals surface area contributed by atoms with Crippen LogP contribution in [-0.4, -0.2) is 30.4 Å². The first kappa shape index (κ1) is 17.1. The Labute approximate surface area is 146 Å². The lowest BCUT2D eigenvalue weighted by Gasteiger charge is -2.30. The van der Waals surface area contributed by atoms with Crippen LogP contribution in [0.4, 0.5) is 4.39 Å². The quantitative estimate of drug-likeness (QED) is 0.878. The molecule has 2 heterocycles. The van der Waals surface area contributed by atoms with Crippen molar-refractivity contribution in [3.63, 3.8) is 0 Å². The van der Waals surface area contributed by atoms with E-state index < -0.39 is 5.82 Å². The zero-order valence-corrected chi connectivity index (χ0v) is 14.5. The fraction of sp³-hybridized carbons (Fsp3) is 0.421. The average molecular weight is 346 g/mol. The summed E-state index contributed by atoms with van der Waals surface area (Å²) in [4.78, 5) is 14.8. The second kappa shape index (κ2) is 8.40. The molecule has 3 nitrogen and oxygen atoms in total. The van der Waals surface area contributed by atoms with Crippen molar-refractivity contribution < 1.29 is 9.18 Å². The molecule has 5 heteroatoms. The number of halogens is 1. The van der Waals surface area contributed by atoms with Crippen LogP contribution in [0.2, 0.25) is 0 Å². The number of carbonyl (C=O) groups excluding carboxylic acids is 1. The number of rotatable bonds is 5. The van der Waals surface area contributed by atoms with E-state index in [4.69, 9.17) is 0 Å². The Balaban J connectivity index is 1.70. The van der Waals surface area contributed by atoms with E-state index in [0.717, 1.165) is 13.1 Å². The predicted octanol–water partition coefficient (Wildman–Crippen LogP) is 4.23. The molecule has 1 amide bonds. The normalized spacial score (nSPS) is 17.2. The van der Waals surface area contributed by atoms with Crippen LogP contribution in [0, 0.1) is 5.82 Å². The molecule has 24 heavy (non-hydrogen) atoms. The molecule has 3 rings (SSSR count). The maximum absolute atomic E-state index is 13.8. The van der Waals surface area contributed by atoms with E-state index >= 15 is 0 Å². The summed E-state index contributed by atoms with van der Waals surface area (Å²) in [5.74, 6) is -0.819. The van der Waals surface area contributed by atoms with Crippen molar-refractivity contribution in [2.75, 3.05) is 19.6 Å². The van der Waals surface area contributed by atoms with Gasteiger partial charge in [-0.05, 0) is 60.5 Å². The molecule has 0 spiro atoms. The lowest BCUT2D eigenvalue weighted by molar-refractivity contribution is 0.0929. The van der Waals surface area contributed by atoms with Gasteiger partial charge >= 0.3 is 0 Å². The molecule has 1 aromatic carbocycles. The van der Waals surface area contributed by atoms with Crippen molar-refractivity contribution in [2.24, 2.45) is 0 Å². The first-order valence-corrected chi connectivity index (χ1v) is 9.49. The summed E-state index contributed by atoms with van der Waals surface area (Å²) < 4.78 is 13.8. The minimum Gasteiger partial charge on any atom is -0.350 e. The number of nitrogens with zero attached hydrogens (tertiary/aromatic N) is 1. The van der Waals surface area contributed by atoms with Gasteiger partial charge in [0.25, 0.3) is 5.91 Å². The van der Waals surface area contributed by atoms with Gasteiger partial charge < -0.3 is 5.32 Å². The standard InChI is InChI=1S/C19H23FN2OS/c20-17-8-4-3-7-16(17)19(23)21-13-18(15-9-12-24-14-15)22-10-5-1-2-6-11-22/h3-4,7-9,12,14,18H,1-2,5-6,10-11,13H2,(H,21,23)/t18-/m1/s1. The zero-order chi connectivity index (χ0) is 16.8. The van der Waals surface area contributed by atoms with Gasteiger partial charge in [0.2, 0.25) is 0 Å². The highest BCUT2D eigenvalue weighted by Crippen LogP contribution is 2.25. The first-order chi connectivity index (χ1) is 11.8. The summed E-state index contributed by atoms with van der Waals surface area (Å²) in [5.41, 5.74) is 1.34. The van der Waals surface area contributed by atoms with Gasteiger partial charge in [0.05, 0.1) is 11.6 Å². The highest BCUT2D eigenvalue weighted by atomic mass is 32.1. The summed E-state index contributed by atoms with van der Waals surface area (Å²) in [6.07, 6.45) is 4.94. The third-order valence-corrected chi connectivity index (χ3v) is 5.29. The van der Waals surface area contributed by atoms with Crippen LogP contribution < -0.4 is 5.32 Å². The van der Waals surface area contributed by atoms with Crippen molar-refractivity contribution in [3.05, 3.63) is 58.0 Å². The molecule has 128 valence electrons. The van der Waals surface area contributed by atoms with Gasteiger partial charge in [-0.1, -0.05) is 25.0 Å². The average Bonchev–Trinajstić information content (AvgIpc) is 2.98. The van der Waals surface area contributed by atoms with Gasteiger partial charge in [-0.3, -0.25) is 9.69 Å². The molecular weight excluding hydrogens is 323 g/mol. The largest absolute Gasteiger partial charge is 0.350 e. The van der Waals surface area contributed by atoms with Gasteiger partial charge in [-0.25, -0.2) is 4.39 Å². The van der Waals surface area contributed by atoms with Crippen LogP contribution in [0.1, 0.15) is 47.6 Å². The number of hydrogen-bond donors (Lipinski definition) is 1. The molecule has 1 fully saturated rings. The van der Waals surface area contributed by atoms with Crippen LogP contribution in [0.25, 0.3) is 0 Å². The van der Waals surface area contributed by atoms with Gasteiger partial charge in [0.15, 0.2) is 0 Å². The predicted molar refractivity (Wildman–Crippen MR) is 95.8 cm³/mol. The highest BCUT2D eigenvalue weighted by molar-refractivity contribution is 7.07. The van der Waals surface area contributed by atoms with E-state index in [1.54, 1.807) is 23.5 Å². The van der Waals surface area contributed by atoms with Crippen LogP contribution in [-0.2, 0) is 0 Å². The third-order valence-electron chi connectivity index (χ3n) is 4.58. The molecule has 1 aliphatic rings. The Morgan fingerprint density at radius 3 is 2.58 bits per heavy atom. The van der Waals surface area contributed by atoms with Crippen molar-refractivity contribution >= 4 is 17.2 Å². The topological polar surface area (TPSA) is 32.3 Å². The molecule has 1 N–H and O–H groups in total. The summed E-state index contributed by atoms with van der Waals surface area (Å²) >= 11 is 1.67. The van der Waals surface area contributed by atoms with E-state index in [2.05, 4.69) is 27.0 Å². The van der Waals surface area contributed by atoms with Crippen LogP contribution in [0.5, 0.6) is 0 Å². The molecule has 2 aromatic rings. The van der Waals surface area contributed by atoms with E-state index in [0.29, 0.717) is 6.54 Å². The summed E-state index contributed by atoms with van der Waals surface area (Å²) in [5, 5.41) is 7.14. The number of nitrogens with one attached hydrogen (secondary N) is 1. The zero-order valence-electron chi connectivity index (χ0n) is 13.7. The molecule has 0 saturated carbocycles. The van der Waals surface area contributed by atoms with Crippen LogP contribution in [0.15, 0.2) is 41.1 Å². The Hall–Kier alpha value is -1.72. The van der Waals surface area contributed by atoms with E-state index in [-0.39, 0.29) is 17.5 Å². The number of hydrogen-bond acceptors (Lipinski definition) is 3. The molecular formula is C19H23FN2OS. The molecule has 1 aromatic heterocycles. The molecule has 1 saturated heterocycles. The molecule has 0 aliphatic carbocycles. The fourth-order valence-corrected chi connectivity index (χ4v) is 3.97. The number of benzene rings is 1. The first-order valence-electron chi connectivity index (χ1n) is 8.54. The molecule has 0 bridgehead atoms. The Morgan fingerprint density at radius 2 is 1.92 bits per heavy atom. The van der Waals surface area contributed by atoms with E-state index in [9.17, 15) is 9.18 Å². The van der Waals surface area contributed by atoms with Gasteiger partial charge in [0.1, 0.15) is 5.82 Å². The minimum atomic E-state index is -0.475. The lowest BCUT2D eigenvalue weighted by atomic mass is 10.1. The maximum Gasteiger partial charge on any atom is 0.254 e. The Kier molecular flexibility index (Phi) is 5.99. The smallest absolute Gasteiger partial charge is 0.254 e. The van der Waals surface area contributed by atoms with E-state index in [1.807, 2.05) is 0 Å². The number of amides is 1. The molecule has 1 atom stereocenters. The van der Waals surface area contributed by atoms with Crippen molar-refractivity contribution in [1.29, 1.82) is 0 Å². The van der Waals surface area contributed by atoms with Gasteiger partial charge in [-0.15, -0.1) is 0 Å². The van der Waals surface area contributed by atoms with Crippen molar-refractivity contribution in [2.45, 2.75) is 31.7 Å².